The van der Waals surface area contributed by atoms with E-state index in [0.717, 1.165) is 56.9 Å². The smallest absolute Gasteiger partial charge is 0.406 e. The highest BCUT2D eigenvalue weighted by Gasteiger charge is 2.32. The number of ether oxygens (including phenoxy) is 1. The molecule has 0 heterocycles. The second kappa shape index (κ2) is 7.16. The van der Waals surface area contributed by atoms with Crippen molar-refractivity contribution in [2.45, 2.75) is 63.6 Å². The van der Waals surface area contributed by atoms with Gasteiger partial charge in [0.15, 0.2) is 0 Å². The van der Waals surface area contributed by atoms with Gasteiger partial charge in [-0.05, 0) is 74.0 Å². The summed E-state index contributed by atoms with van der Waals surface area (Å²) < 4.78 is 40.5. The molecule has 1 aromatic carbocycles. The Balaban J connectivity index is 1.52. The lowest BCUT2D eigenvalue weighted by atomic mass is 9.70. The molecular formula is C19H23F3O2. The van der Waals surface area contributed by atoms with Gasteiger partial charge in [-0.1, -0.05) is 12.1 Å². The van der Waals surface area contributed by atoms with Crippen LogP contribution in [0.15, 0.2) is 24.3 Å². The van der Waals surface area contributed by atoms with Crippen LogP contribution in [0.25, 0.3) is 0 Å². The standard InChI is InChI=1S/C19H23F3O2/c20-19(21,22)24-18-11-7-16(8-12-18)14-3-1-13(2-4-14)15-5-9-17(23)10-6-15/h7-8,11-15H,1-6,9-10H2. The fourth-order valence-electron chi connectivity index (χ4n) is 4.30. The monoisotopic (exact) mass is 340 g/mol. The minimum atomic E-state index is -4.64. The molecule has 0 aromatic heterocycles. The van der Waals surface area contributed by atoms with Crippen LogP contribution in [0, 0.1) is 11.8 Å². The molecule has 0 saturated heterocycles. The Hall–Kier alpha value is -1.52. The van der Waals surface area contributed by atoms with E-state index in [-0.39, 0.29) is 5.75 Å². The van der Waals surface area contributed by atoms with Gasteiger partial charge in [0, 0.05) is 12.8 Å². The van der Waals surface area contributed by atoms with E-state index in [4.69, 9.17) is 0 Å². The summed E-state index contributed by atoms with van der Waals surface area (Å²) in [4.78, 5) is 11.4. The SMILES string of the molecule is O=C1CCC(C2CCC(c3ccc(OC(F)(F)F)cc3)CC2)CC1. The number of halogens is 3. The van der Waals surface area contributed by atoms with Crippen LogP contribution < -0.4 is 4.74 Å². The largest absolute Gasteiger partial charge is 0.573 e. The highest BCUT2D eigenvalue weighted by Crippen LogP contribution is 2.42. The summed E-state index contributed by atoms with van der Waals surface area (Å²) in [7, 11) is 0. The van der Waals surface area contributed by atoms with E-state index >= 15 is 0 Å². The number of hydrogen-bond acceptors (Lipinski definition) is 2. The average Bonchev–Trinajstić information content (AvgIpc) is 2.55. The molecule has 2 aliphatic rings. The Bertz CT molecular complexity index is 547. The van der Waals surface area contributed by atoms with E-state index in [1.807, 2.05) is 0 Å². The molecule has 2 aliphatic carbocycles. The first kappa shape index (κ1) is 17.3. The van der Waals surface area contributed by atoms with Crippen LogP contribution in [-0.4, -0.2) is 12.1 Å². The Kier molecular flexibility index (Phi) is 5.16. The van der Waals surface area contributed by atoms with Crippen molar-refractivity contribution in [3.8, 4) is 5.75 Å². The van der Waals surface area contributed by atoms with Gasteiger partial charge >= 0.3 is 6.36 Å². The third kappa shape index (κ3) is 4.52. The number of alkyl halides is 3. The molecule has 5 heteroatoms. The van der Waals surface area contributed by atoms with Crippen LogP contribution in [0.1, 0.15) is 62.8 Å². The third-order valence-electron chi connectivity index (χ3n) is 5.61. The molecule has 0 radical (unpaired) electrons. The second-order valence-corrected chi connectivity index (χ2v) is 7.10. The highest BCUT2D eigenvalue weighted by atomic mass is 19.4. The molecule has 1 aromatic rings. The van der Waals surface area contributed by atoms with Gasteiger partial charge in [0.05, 0.1) is 0 Å². The third-order valence-corrected chi connectivity index (χ3v) is 5.61. The molecule has 0 unspecified atom stereocenters. The first-order valence-corrected chi connectivity index (χ1v) is 8.78. The van der Waals surface area contributed by atoms with Gasteiger partial charge < -0.3 is 4.74 Å². The van der Waals surface area contributed by atoms with Crippen LogP contribution in [0.4, 0.5) is 13.2 Å². The molecule has 132 valence electrons. The molecule has 0 spiro atoms. The van der Waals surface area contributed by atoms with Gasteiger partial charge in [0.1, 0.15) is 11.5 Å². The van der Waals surface area contributed by atoms with Crippen LogP contribution in [0.2, 0.25) is 0 Å². The summed E-state index contributed by atoms with van der Waals surface area (Å²) in [5.74, 6) is 2.06. The zero-order valence-corrected chi connectivity index (χ0v) is 13.6. The van der Waals surface area contributed by atoms with Gasteiger partial charge in [0.2, 0.25) is 0 Å². The number of ketones is 1. The van der Waals surface area contributed by atoms with Gasteiger partial charge in [-0.3, -0.25) is 4.79 Å². The molecule has 0 atom stereocenters. The Labute approximate surface area is 140 Å². The summed E-state index contributed by atoms with van der Waals surface area (Å²) in [5.41, 5.74) is 1.10. The van der Waals surface area contributed by atoms with Gasteiger partial charge in [-0.15, -0.1) is 13.2 Å². The second-order valence-electron chi connectivity index (χ2n) is 7.10. The van der Waals surface area contributed by atoms with E-state index in [1.54, 1.807) is 12.1 Å². The molecule has 2 fully saturated rings. The Morgan fingerprint density at radius 2 is 1.38 bits per heavy atom. The maximum absolute atomic E-state index is 12.2. The van der Waals surface area contributed by atoms with Crippen LogP contribution in [0.3, 0.4) is 0 Å². The summed E-state index contributed by atoms with van der Waals surface area (Å²) in [5, 5.41) is 0. The normalized spacial score (nSPS) is 26.4. The fraction of sp³-hybridized carbons (Fsp3) is 0.632. The summed E-state index contributed by atoms with van der Waals surface area (Å²) >= 11 is 0. The first-order chi connectivity index (χ1) is 11.4. The summed E-state index contributed by atoms with van der Waals surface area (Å²) in [6, 6.07) is 6.32. The topological polar surface area (TPSA) is 26.3 Å². The minimum Gasteiger partial charge on any atom is -0.406 e. The molecule has 2 saturated carbocycles. The number of hydrogen-bond donors (Lipinski definition) is 0. The molecule has 0 amide bonds. The Morgan fingerprint density at radius 1 is 0.833 bits per heavy atom. The number of carbonyl (C=O) groups excluding carboxylic acids is 1. The first-order valence-electron chi connectivity index (χ1n) is 8.78. The molecule has 2 nitrogen and oxygen atoms in total. The van der Waals surface area contributed by atoms with E-state index in [0.29, 0.717) is 23.5 Å². The maximum Gasteiger partial charge on any atom is 0.573 e. The zero-order chi connectivity index (χ0) is 17.2. The molecule has 3 rings (SSSR count). The van der Waals surface area contributed by atoms with E-state index < -0.39 is 6.36 Å². The number of Topliss-reactive ketones (excluding diaryl/α,β-unsaturated/α-hetero) is 1. The highest BCUT2D eigenvalue weighted by molar-refractivity contribution is 5.79. The van der Waals surface area contributed by atoms with Crippen LogP contribution in [-0.2, 0) is 4.79 Å². The van der Waals surface area contributed by atoms with E-state index in [9.17, 15) is 18.0 Å². The lowest BCUT2D eigenvalue weighted by Crippen LogP contribution is -2.25. The number of carbonyl (C=O) groups is 1. The van der Waals surface area contributed by atoms with E-state index in [1.165, 1.54) is 12.1 Å². The van der Waals surface area contributed by atoms with Crippen molar-refractivity contribution < 1.29 is 22.7 Å². The lowest BCUT2D eigenvalue weighted by molar-refractivity contribution is -0.274. The molecule has 0 aliphatic heterocycles. The predicted molar refractivity (Wildman–Crippen MR) is 84.8 cm³/mol. The van der Waals surface area contributed by atoms with Crippen molar-refractivity contribution in [3.63, 3.8) is 0 Å². The average molecular weight is 340 g/mol. The summed E-state index contributed by atoms with van der Waals surface area (Å²) in [6.45, 7) is 0. The minimum absolute atomic E-state index is 0.160. The maximum atomic E-state index is 12.2. The van der Waals surface area contributed by atoms with Crippen molar-refractivity contribution in [2.24, 2.45) is 11.8 Å². The van der Waals surface area contributed by atoms with E-state index in [2.05, 4.69) is 4.74 Å². The van der Waals surface area contributed by atoms with Crippen molar-refractivity contribution >= 4 is 5.78 Å². The van der Waals surface area contributed by atoms with Crippen molar-refractivity contribution in [1.82, 2.24) is 0 Å². The fourth-order valence-corrected chi connectivity index (χ4v) is 4.30. The lowest BCUT2D eigenvalue weighted by Gasteiger charge is -2.35. The number of benzene rings is 1. The number of rotatable bonds is 3. The quantitative estimate of drug-likeness (QED) is 0.714. The van der Waals surface area contributed by atoms with Crippen LogP contribution >= 0.6 is 0 Å². The molecule has 0 bridgehead atoms. The molecular weight excluding hydrogens is 317 g/mol. The van der Waals surface area contributed by atoms with Gasteiger partial charge in [-0.2, -0.15) is 0 Å². The zero-order valence-electron chi connectivity index (χ0n) is 13.6. The van der Waals surface area contributed by atoms with Crippen LogP contribution in [0.5, 0.6) is 5.75 Å². The van der Waals surface area contributed by atoms with Crippen molar-refractivity contribution in [1.29, 1.82) is 0 Å². The molecule has 24 heavy (non-hydrogen) atoms. The van der Waals surface area contributed by atoms with Gasteiger partial charge in [-0.25, -0.2) is 0 Å². The predicted octanol–water partition coefficient (Wildman–Crippen LogP) is 5.62. The van der Waals surface area contributed by atoms with Crippen molar-refractivity contribution in [2.75, 3.05) is 0 Å². The van der Waals surface area contributed by atoms with Gasteiger partial charge in [0.25, 0.3) is 0 Å². The Morgan fingerprint density at radius 3 is 1.92 bits per heavy atom. The molecule has 0 N–H and O–H groups in total. The summed E-state index contributed by atoms with van der Waals surface area (Å²) in [6.07, 6.45) is 3.39. The van der Waals surface area contributed by atoms with Crippen molar-refractivity contribution in [3.05, 3.63) is 29.8 Å².